The third-order valence-electron chi connectivity index (χ3n) is 3.76. The second-order valence-electron chi connectivity index (χ2n) is 5.69. The van der Waals surface area contributed by atoms with Gasteiger partial charge < -0.3 is 10.6 Å². The van der Waals surface area contributed by atoms with Crippen molar-refractivity contribution in [3.05, 3.63) is 16.4 Å². The van der Waals surface area contributed by atoms with Crippen LogP contribution in [0.5, 0.6) is 0 Å². The number of anilines is 2. The van der Waals surface area contributed by atoms with Crippen LogP contribution in [0.3, 0.4) is 0 Å². The molecule has 20 heavy (non-hydrogen) atoms. The molecule has 0 spiro atoms. The van der Waals surface area contributed by atoms with Crippen molar-refractivity contribution >= 4 is 17.3 Å². The summed E-state index contributed by atoms with van der Waals surface area (Å²) in [4.78, 5) is 18.7. The number of nitrogens with zero attached hydrogens (tertiary/aromatic N) is 3. The van der Waals surface area contributed by atoms with E-state index in [4.69, 9.17) is 0 Å². The molecule has 2 unspecified atom stereocenters. The Morgan fingerprint density at radius 1 is 1.20 bits per heavy atom. The van der Waals surface area contributed by atoms with Crippen LogP contribution in [-0.4, -0.2) is 28.0 Å². The maximum Gasteiger partial charge on any atom is 0.353 e. The molecule has 7 heteroatoms. The lowest BCUT2D eigenvalue weighted by atomic mass is 9.80. The summed E-state index contributed by atoms with van der Waals surface area (Å²) in [6.07, 6.45) is 4.59. The minimum absolute atomic E-state index is 0.0825. The molecule has 0 bridgehead atoms. The maximum absolute atomic E-state index is 11.2. The predicted octanol–water partition coefficient (Wildman–Crippen LogP) is 2.66. The molecule has 1 saturated carbocycles. The van der Waals surface area contributed by atoms with E-state index < -0.39 is 4.92 Å². The van der Waals surface area contributed by atoms with Gasteiger partial charge in [-0.25, -0.2) is 9.97 Å². The van der Waals surface area contributed by atoms with Gasteiger partial charge in [-0.1, -0.05) is 13.8 Å². The van der Waals surface area contributed by atoms with E-state index in [1.165, 1.54) is 12.7 Å². The highest BCUT2D eigenvalue weighted by Crippen LogP contribution is 2.34. The number of aromatic nitrogens is 2. The molecule has 0 aromatic carbocycles. The SMILES string of the molecule is CNc1ncnc(NC2CC(C)CC(C)C2)c1[N+](=O)[O-]. The average Bonchev–Trinajstić information content (AvgIpc) is 2.36. The molecule has 1 aliphatic rings. The Morgan fingerprint density at radius 2 is 1.80 bits per heavy atom. The highest BCUT2D eigenvalue weighted by molar-refractivity contribution is 5.69. The van der Waals surface area contributed by atoms with Crippen LogP contribution in [0.4, 0.5) is 17.3 Å². The third kappa shape index (κ3) is 3.15. The van der Waals surface area contributed by atoms with Crippen LogP contribution < -0.4 is 10.6 Å². The number of nitrogens with one attached hydrogen (secondary N) is 2. The molecule has 2 N–H and O–H groups in total. The lowest BCUT2D eigenvalue weighted by molar-refractivity contribution is -0.383. The molecule has 1 fully saturated rings. The normalized spacial score (nSPS) is 26.1. The van der Waals surface area contributed by atoms with Crippen LogP contribution >= 0.6 is 0 Å². The smallest absolute Gasteiger partial charge is 0.353 e. The minimum atomic E-state index is -0.441. The van der Waals surface area contributed by atoms with Gasteiger partial charge in [-0.3, -0.25) is 10.1 Å². The molecule has 7 nitrogen and oxygen atoms in total. The third-order valence-corrected chi connectivity index (χ3v) is 3.76. The summed E-state index contributed by atoms with van der Waals surface area (Å²) >= 11 is 0. The van der Waals surface area contributed by atoms with E-state index in [9.17, 15) is 10.1 Å². The van der Waals surface area contributed by atoms with Gasteiger partial charge >= 0.3 is 5.69 Å². The fraction of sp³-hybridized carbons (Fsp3) is 0.692. The van der Waals surface area contributed by atoms with Crippen molar-refractivity contribution in [3.63, 3.8) is 0 Å². The Labute approximate surface area is 118 Å². The average molecular weight is 279 g/mol. The van der Waals surface area contributed by atoms with E-state index in [0.29, 0.717) is 17.7 Å². The Balaban J connectivity index is 2.22. The summed E-state index contributed by atoms with van der Waals surface area (Å²) in [6, 6.07) is 0.229. The Kier molecular flexibility index (Phi) is 4.36. The lowest BCUT2D eigenvalue weighted by Gasteiger charge is -2.32. The van der Waals surface area contributed by atoms with Crippen LogP contribution in [0.2, 0.25) is 0 Å². The molecule has 1 aliphatic carbocycles. The summed E-state index contributed by atoms with van der Waals surface area (Å²) in [5, 5.41) is 17.2. The van der Waals surface area contributed by atoms with Crippen molar-refractivity contribution < 1.29 is 4.92 Å². The van der Waals surface area contributed by atoms with E-state index in [1.807, 2.05) is 0 Å². The molecule has 2 rings (SSSR count). The number of hydrogen-bond donors (Lipinski definition) is 2. The van der Waals surface area contributed by atoms with Crippen LogP contribution in [0, 0.1) is 22.0 Å². The van der Waals surface area contributed by atoms with E-state index in [0.717, 1.165) is 12.8 Å². The minimum Gasteiger partial charge on any atom is -0.367 e. The molecule has 110 valence electrons. The molecular weight excluding hydrogens is 258 g/mol. The van der Waals surface area contributed by atoms with Crippen molar-refractivity contribution in [1.82, 2.24) is 9.97 Å². The van der Waals surface area contributed by atoms with Crippen LogP contribution in [0.25, 0.3) is 0 Å². The first kappa shape index (κ1) is 14.5. The number of rotatable bonds is 4. The summed E-state index contributed by atoms with van der Waals surface area (Å²) in [5.41, 5.74) is -0.0825. The predicted molar refractivity (Wildman–Crippen MR) is 77.8 cm³/mol. The fourth-order valence-corrected chi connectivity index (χ4v) is 3.10. The summed E-state index contributed by atoms with van der Waals surface area (Å²) in [7, 11) is 1.61. The maximum atomic E-state index is 11.2. The van der Waals surface area contributed by atoms with Gasteiger partial charge in [0, 0.05) is 13.1 Å². The molecule has 0 saturated heterocycles. The van der Waals surface area contributed by atoms with E-state index in [1.54, 1.807) is 7.05 Å². The van der Waals surface area contributed by atoms with Crippen LogP contribution in [0.1, 0.15) is 33.1 Å². The van der Waals surface area contributed by atoms with Gasteiger partial charge in [0.15, 0.2) is 0 Å². The molecule has 0 radical (unpaired) electrons. The van der Waals surface area contributed by atoms with E-state index >= 15 is 0 Å². The molecule has 0 amide bonds. The van der Waals surface area contributed by atoms with Gasteiger partial charge in [0.2, 0.25) is 11.6 Å². The van der Waals surface area contributed by atoms with Crippen molar-refractivity contribution in [1.29, 1.82) is 0 Å². The van der Waals surface area contributed by atoms with Gasteiger partial charge in [0.25, 0.3) is 0 Å². The second-order valence-corrected chi connectivity index (χ2v) is 5.69. The second kappa shape index (κ2) is 6.02. The first-order chi connectivity index (χ1) is 9.51. The van der Waals surface area contributed by atoms with E-state index in [-0.39, 0.29) is 17.5 Å². The van der Waals surface area contributed by atoms with E-state index in [2.05, 4.69) is 34.4 Å². The molecule has 1 aromatic rings. The zero-order chi connectivity index (χ0) is 14.7. The van der Waals surface area contributed by atoms with Crippen molar-refractivity contribution in [2.75, 3.05) is 17.7 Å². The molecule has 1 heterocycles. The van der Waals surface area contributed by atoms with Crippen molar-refractivity contribution in [3.8, 4) is 0 Å². The van der Waals surface area contributed by atoms with Crippen LogP contribution in [-0.2, 0) is 0 Å². The lowest BCUT2D eigenvalue weighted by Crippen LogP contribution is -2.30. The number of hydrogen-bond acceptors (Lipinski definition) is 6. The summed E-state index contributed by atoms with van der Waals surface area (Å²) in [6.45, 7) is 4.44. The zero-order valence-corrected chi connectivity index (χ0v) is 12.1. The zero-order valence-electron chi connectivity index (χ0n) is 12.1. The Bertz CT molecular complexity index is 484. The highest BCUT2D eigenvalue weighted by Gasteiger charge is 2.28. The van der Waals surface area contributed by atoms with Crippen molar-refractivity contribution in [2.45, 2.75) is 39.2 Å². The van der Waals surface area contributed by atoms with Gasteiger partial charge in [0.1, 0.15) is 6.33 Å². The summed E-state index contributed by atoms with van der Waals surface area (Å²) < 4.78 is 0. The van der Waals surface area contributed by atoms with Gasteiger partial charge in [0.05, 0.1) is 4.92 Å². The number of nitro groups is 1. The van der Waals surface area contributed by atoms with Gasteiger partial charge in [-0.2, -0.15) is 0 Å². The van der Waals surface area contributed by atoms with Crippen molar-refractivity contribution in [2.24, 2.45) is 11.8 Å². The monoisotopic (exact) mass is 279 g/mol. The first-order valence-corrected chi connectivity index (χ1v) is 6.95. The van der Waals surface area contributed by atoms with Gasteiger partial charge in [-0.15, -0.1) is 0 Å². The standard InChI is InChI=1S/C13H21N5O2/c1-8-4-9(2)6-10(5-8)17-13-11(18(19)20)12(14-3)15-7-16-13/h7-10H,4-6H2,1-3H3,(H2,14,15,16,17). The molecule has 1 aromatic heterocycles. The first-order valence-electron chi connectivity index (χ1n) is 6.95. The van der Waals surface area contributed by atoms with Gasteiger partial charge in [-0.05, 0) is 31.1 Å². The molecule has 0 aliphatic heterocycles. The van der Waals surface area contributed by atoms with Crippen LogP contribution in [0.15, 0.2) is 6.33 Å². The molecular formula is C13H21N5O2. The fourth-order valence-electron chi connectivity index (χ4n) is 3.10. The highest BCUT2D eigenvalue weighted by atomic mass is 16.6. The Morgan fingerprint density at radius 3 is 2.35 bits per heavy atom. The molecule has 2 atom stereocenters. The quantitative estimate of drug-likeness (QED) is 0.650. The topological polar surface area (TPSA) is 93.0 Å². The summed E-state index contributed by atoms with van der Waals surface area (Å²) in [5.74, 6) is 1.80. The largest absolute Gasteiger partial charge is 0.367 e. The Hall–Kier alpha value is -1.92.